The highest BCUT2D eigenvalue weighted by molar-refractivity contribution is 4.87. The first-order valence-corrected chi connectivity index (χ1v) is 8.17. The Morgan fingerprint density at radius 3 is 2.74 bits per heavy atom. The van der Waals surface area contributed by atoms with Crippen molar-refractivity contribution in [2.24, 2.45) is 0 Å². The molecule has 0 aromatic rings. The predicted molar refractivity (Wildman–Crippen MR) is 78.3 cm³/mol. The normalized spacial score (nSPS) is 35.8. The maximum atomic E-state index is 9.76. The van der Waals surface area contributed by atoms with E-state index >= 15 is 0 Å². The molecule has 3 nitrogen and oxygen atoms in total. The quantitative estimate of drug-likeness (QED) is 0.851. The highest BCUT2D eigenvalue weighted by Gasteiger charge is 2.32. The average molecular weight is 269 g/mol. The zero-order valence-electron chi connectivity index (χ0n) is 12.7. The Hall–Kier alpha value is -0.120. The van der Waals surface area contributed by atoms with Crippen molar-refractivity contribution in [2.75, 3.05) is 13.7 Å². The van der Waals surface area contributed by atoms with Crippen LogP contribution in [0.15, 0.2) is 0 Å². The van der Waals surface area contributed by atoms with Crippen LogP contribution in [0.25, 0.3) is 0 Å². The van der Waals surface area contributed by atoms with E-state index in [4.69, 9.17) is 4.74 Å². The van der Waals surface area contributed by atoms with Crippen LogP contribution in [-0.4, -0.2) is 48.0 Å². The summed E-state index contributed by atoms with van der Waals surface area (Å²) in [5.74, 6) is 0. The molecule has 3 heteroatoms. The number of likely N-dealkylation sites (tertiary alicyclic amines) is 1. The lowest BCUT2D eigenvalue weighted by atomic mass is 9.89. The van der Waals surface area contributed by atoms with Crippen molar-refractivity contribution in [3.05, 3.63) is 0 Å². The number of nitrogens with zero attached hydrogens (tertiary/aromatic N) is 1. The number of ether oxygens (including phenoxy) is 1. The fourth-order valence-electron chi connectivity index (χ4n) is 3.96. The van der Waals surface area contributed by atoms with Crippen LogP contribution in [0.1, 0.15) is 64.7 Å². The van der Waals surface area contributed by atoms with Crippen molar-refractivity contribution in [1.82, 2.24) is 4.90 Å². The topological polar surface area (TPSA) is 32.7 Å². The van der Waals surface area contributed by atoms with Crippen molar-refractivity contribution in [2.45, 2.75) is 89.0 Å². The number of rotatable bonds is 4. The van der Waals surface area contributed by atoms with Gasteiger partial charge in [-0.3, -0.25) is 4.90 Å². The Morgan fingerprint density at radius 1 is 1.16 bits per heavy atom. The Morgan fingerprint density at radius 2 is 2.00 bits per heavy atom. The third-order valence-corrected chi connectivity index (χ3v) is 4.94. The van der Waals surface area contributed by atoms with E-state index in [1.807, 2.05) is 14.0 Å². The minimum absolute atomic E-state index is 0.174. The van der Waals surface area contributed by atoms with Crippen LogP contribution < -0.4 is 0 Å². The zero-order valence-corrected chi connectivity index (χ0v) is 12.7. The minimum Gasteiger partial charge on any atom is -0.393 e. The standard InChI is InChI=1S/C16H31NO2/c1-13(18)11-14-7-4-3-5-10-17(14)15-8-6-9-16(12-15)19-2/h13-16,18H,3-12H2,1-2H3. The molecule has 19 heavy (non-hydrogen) atoms. The Balaban J connectivity index is 1.99. The molecule has 0 spiro atoms. The fourth-order valence-corrected chi connectivity index (χ4v) is 3.96. The van der Waals surface area contributed by atoms with Gasteiger partial charge in [0.05, 0.1) is 12.2 Å². The third kappa shape index (κ3) is 4.44. The lowest BCUT2D eigenvalue weighted by Crippen LogP contribution is -2.47. The lowest BCUT2D eigenvalue weighted by molar-refractivity contribution is 0.00642. The van der Waals surface area contributed by atoms with E-state index in [2.05, 4.69) is 4.90 Å². The summed E-state index contributed by atoms with van der Waals surface area (Å²) in [6, 6.07) is 1.27. The lowest BCUT2D eigenvalue weighted by Gasteiger charge is -2.41. The first-order valence-electron chi connectivity index (χ1n) is 8.17. The molecule has 0 radical (unpaired) electrons. The van der Waals surface area contributed by atoms with Crippen molar-refractivity contribution in [3.63, 3.8) is 0 Å². The second-order valence-corrected chi connectivity index (χ2v) is 6.50. The molecular weight excluding hydrogens is 238 g/mol. The van der Waals surface area contributed by atoms with Gasteiger partial charge in [0.25, 0.3) is 0 Å². The van der Waals surface area contributed by atoms with Gasteiger partial charge in [-0.2, -0.15) is 0 Å². The molecule has 1 saturated carbocycles. The van der Waals surface area contributed by atoms with Crippen LogP contribution in [0.3, 0.4) is 0 Å². The number of aliphatic hydroxyl groups is 1. The van der Waals surface area contributed by atoms with Gasteiger partial charge < -0.3 is 9.84 Å². The molecule has 4 atom stereocenters. The van der Waals surface area contributed by atoms with E-state index < -0.39 is 0 Å². The van der Waals surface area contributed by atoms with Crippen molar-refractivity contribution < 1.29 is 9.84 Å². The van der Waals surface area contributed by atoms with Gasteiger partial charge in [0.15, 0.2) is 0 Å². The highest BCUT2D eigenvalue weighted by Crippen LogP contribution is 2.30. The maximum absolute atomic E-state index is 9.76. The summed E-state index contributed by atoms with van der Waals surface area (Å²) in [5.41, 5.74) is 0. The Labute approximate surface area is 118 Å². The maximum Gasteiger partial charge on any atom is 0.0586 e. The van der Waals surface area contributed by atoms with Gasteiger partial charge in [0.2, 0.25) is 0 Å². The number of hydrogen-bond donors (Lipinski definition) is 1. The third-order valence-electron chi connectivity index (χ3n) is 4.94. The van der Waals surface area contributed by atoms with Crippen LogP contribution in [-0.2, 0) is 4.74 Å². The SMILES string of the molecule is COC1CCCC(N2CCCCCC2CC(C)O)C1. The van der Waals surface area contributed by atoms with Crippen molar-refractivity contribution >= 4 is 0 Å². The monoisotopic (exact) mass is 269 g/mol. The van der Waals surface area contributed by atoms with Gasteiger partial charge in [-0.25, -0.2) is 0 Å². The van der Waals surface area contributed by atoms with E-state index in [-0.39, 0.29) is 6.10 Å². The van der Waals surface area contributed by atoms with Gasteiger partial charge in [0.1, 0.15) is 0 Å². The van der Waals surface area contributed by atoms with Crippen LogP contribution >= 0.6 is 0 Å². The Bertz CT molecular complexity index is 257. The van der Waals surface area contributed by atoms with Crippen molar-refractivity contribution in [1.29, 1.82) is 0 Å². The van der Waals surface area contributed by atoms with E-state index in [0.717, 1.165) is 6.42 Å². The first-order chi connectivity index (χ1) is 9.20. The summed E-state index contributed by atoms with van der Waals surface area (Å²) in [6.45, 7) is 3.15. The first kappa shape index (κ1) is 15.3. The van der Waals surface area contributed by atoms with E-state index in [0.29, 0.717) is 18.2 Å². The Kier molecular flexibility index (Phi) is 6.11. The average Bonchev–Trinajstić information content (AvgIpc) is 2.63. The molecule has 112 valence electrons. The van der Waals surface area contributed by atoms with Crippen LogP contribution in [0.2, 0.25) is 0 Å². The molecule has 0 bridgehead atoms. The van der Waals surface area contributed by atoms with E-state index in [9.17, 15) is 5.11 Å². The molecule has 2 rings (SSSR count). The molecule has 1 N–H and O–H groups in total. The van der Waals surface area contributed by atoms with Gasteiger partial charge in [-0.15, -0.1) is 0 Å². The molecule has 0 aromatic heterocycles. The molecule has 1 aliphatic carbocycles. The smallest absolute Gasteiger partial charge is 0.0586 e. The number of methoxy groups -OCH3 is 1. The summed E-state index contributed by atoms with van der Waals surface area (Å²) < 4.78 is 5.58. The molecule has 0 aromatic carbocycles. The second kappa shape index (κ2) is 7.61. The van der Waals surface area contributed by atoms with Crippen LogP contribution in [0.5, 0.6) is 0 Å². The number of hydrogen-bond acceptors (Lipinski definition) is 3. The zero-order chi connectivity index (χ0) is 13.7. The van der Waals surface area contributed by atoms with Gasteiger partial charge in [0, 0.05) is 19.2 Å². The summed E-state index contributed by atoms with van der Waals surface area (Å²) >= 11 is 0. The molecule has 1 saturated heterocycles. The number of aliphatic hydroxyl groups excluding tert-OH is 1. The van der Waals surface area contributed by atoms with E-state index in [1.165, 1.54) is 57.9 Å². The van der Waals surface area contributed by atoms with Crippen molar-refractivity contribution in [3.8, 4) is 0 Å². The highest BCUT2D eigenvalue weighted by atomic mass is 16.5. The fraction of sp³-hybridized carbons (Fsp3) is 1.00. The molecule has 4 unspecified atom stereocenters. The summed E-state index contributed by atoms with van der Waals surface area (Å²) in [5, 5.41) is 9.76. The van der Waals surface area contributed by atoms with Gasteiger partial charge in [-0.1, -0.05) is 12.8 Å². The summed E-state index contributed by atoms with van der Waals surface area (Å²) in [7, 11) is 1.85. The summed E-state index contributed by atoms with van der Waals surface area (Å²) in [6.07, 6.45) is 11.5. The molecule has 2 fully saturated rings. The van der Waals surface area contributed by atoms with Gasteiger partial charge >= 0.3 is 0 Å². The minimum atomic E-state index is -0.174. The molecule has 2 aliphatic rings. The largest absolute Gasteiger partial charge is 0.393 e. The summed E-state index contributed by atoms with van der Waals surface area (Å²) in [4.78, 5) is 2.71. The predicted octanol–water partition coefficient (Wildman–Crippen LogP) is 2.96. The molecular formula is C16H31NO2. The molecule has 0 amide bonds. The molecule has 1 heterocycles. The van der Waals surface area contributed by atoms with Gasteiger partial charge in [-0.05, 0) is 58.4 Å². The van der Waals surface area contributed by atoms with E-state index in [1.54, 1.807) is 0 Å². The van der Waals surface area contributed by atoms with Crippen LogP contribution in [0, 0.1) is 0 Å². The van der Waals surface area contributed by atoms with Crippen LogP contribution in [0.4, 0.5) is 0 Å². The second-order valence-electron chi connectivity index (χ2n) is 6.50. The molecule has 1 aliphatic heterocycles.